The predicted molar refractivity (Wildman–Crippen MR) is 108 cm³/mol. The zero-order chi connectivity index (χ0) is 20.2. The standard InChI is InChI=1S/C24H25F3N2/c1-16-6-11-21-20(14-16)19-4-2-5-22-23(19)29(21)13-3-12-28(22)15-17-7-9-18(10-8-17)24(25,26)27/h6-11,14,22H,2-5,12-13,15H2,1H3/p+1/t22-/m1/s1. The Bertz CT molecular complexity index is 1040. The molecule has 3 aromatic rings. The van der Waals surface area contributed by atoms with Gasteiger partial charge in [0.15, 0.2) is 0 Å². The molecule has 152 valence electrons. The summed E-state index contributed by atoms with van der Waals surface area (Å²) in [6, 6.07) is 13.0. The van der Waals surface area contributed by atoms with Crippen LogP contribution in [0, 0.1) is 6.92 Å². The predicted octanol–water partition coefficient (Wildman–Crippen LogP) is 4.83. The number of aryl methyl sites for hydroxylation is 3. The van der Waals surface area contributed by atoms with E-state index in [-0.39, 0.29) is 0 Å². The molecule has 0 bridgehead atoms. The SMILES string of the molecule is Cc1ccc2c(c1)c1c3n2CCC[NH+](Cc2ccc(C(F)(F)F)cc2)[C@@H]3CCC1. The summed E-state index contributed by atoms with van der Waals surface area (Å²) in [6.45, 7) is 5.02. The number of aromatic nitrogens is 1. The van der Waals surface area contributed by atoms with Crippen LogP contribution in [0.25, 0.3) is 10.9 Å². The van der Waals surface area contributed by atoms with Gasteiger partial charge in [-0.05, 0) is 49.6 Å². The highest BCUT2D eigenvalue weighted by atomic mass is 19.4. The second-order valence-corrected chi connectivity index (χ2v) is 8.61. The fourth-order valence-corrected chi connectivity index (χ4v) is 5.40. The molecule has 2 atom stereocenters. The number of nitrogens with one attached hydrogen (secondary N) is 1. The molecule has 0 radical (unpaired) electrons. The average molecular weight is 399 g/mol. The van der Waals surface area contributed by atoms with Crippen LogP contribution in [-0.2, 0) is 25.7 Å². The molecule has 1 aromatic heterocycles. The molecule has 0 saturated heterocycles. The summed E-state index contributed by atoms with van der Waals surface area (Å²) in [6.07, 6.45) is 0.285. The minimum Gasteiger partial charge on any atom is -0.339 e. The van der Waals surface area contributed by atoms with Gasteiger partial charge < -0.3 is 9.47 Å². The maximum atomic E-state index is 12.9. The van der Waals surface area contributed by atoms with Gasteiger partial charge in [0.25, 0.3) is 0 Å². The van der Waals surface area contributed by atoms with Crippen molar-refractivity contribution in [2.45, 2.75) is 57.9 Å². The Morgan fingerprint density at radius 1 is 1.07 bits per heavy atom. The number of rotatable bonds is 2. The van der Waals surface area contributed by atoms with Gasteiger partial charge in [-0.2, -0.15) is 13.2 Å². The Kier molecular flexibility index (Phi) is 4.46. The molecule has 2 heterocycles. The Morgan fingerprint density at radius 2 is 1.86 bits per heavy atom. The third-order valence-electron chi connectivity index (χ3n) is 6.70. The molecule has 0 saturated carbocycles. The van der Waals surface area contributed by atoms with Crippen molar-refractivity contribution in [2.24, 2.45) is 0 Å². The van der Waals surface area contributed by atoms with Crippen molar-refractivity contribution in [1.29, 1.82) is 0 Å². The molecule has 1 unspecified atom stereocenters. The van der Waals surface area contributed by atoms with Crippen LogP contribution in [0.4, 0.5) is 13.2 Å². The van der Waals surface area contributed by atoms with Crippen molar-refractivity contribution in [1.82, 2.24) is 4.57 Å². The fourth-order valence-electron chi connectivity index (χ4n) is 5.40. The van der Waals surface area contributed by atoms with Crippen LogP contribution in [0.15, 0.2) is 42.5 Å². The summed E-state index contributed by atoms with van der Waals surface area (Å²) in [7, 11) is 0. The Balaban J connectivity index is 1.50. The highest BCUT2D eigenvalue weighted by molar-refractivity contribution is 5.86. The first-order valence-corrected chi connectivity index (χ1v) is 10.5. The van der Waals surface area contributed by atoms with Crippen molar-refractivity contribution in [3.05, 3.63) is 70.4 Å². The van der Waals surface area contributed by atoms with E-state index in [0.29, 0.717) is 6.04 Å². The monoisotopic (exact) mass is 399 g/mol. The molecular weight excluding hydrogens is 373 g/mol. The van der Waals surface area contributed by atoms with Crippen LogP contribution >= 0.6 is 0 Å². The van der Waals surface area contributed by atoms with Gasteiger partial charge in [-0.3, -0.25) is 0 Å². The lowest BCUT2D eigenvalue weighted by atomic mass is 9.90. The molecule has 2 aromatic carbocycles. The minimum atomic E-state index is -4.27. The number of halogens is 3. The lowest BCUT2D eigenvalue weighted by molar-refractivity contribution is -0.945. The minimum absolute atomic E-state index is 0.427. The zero-order valence-corrected chi connectivity index (χ0v) is 16.6. The summed E-state index contributed by atoms with van der Waals surface area (Å²) in [4.78, 5) is 1.49. The third-order valence-corrected chi connectivity index (χ3v) is 6.70. The Hall–Kier alpha value is -2.27. The van der Waals surface area contributed by atoms with E-state index in [9.17, 15) is 13.2 Å². The molecule has 0 spiro atoms. The average Bonchev–Trinajstić information content (AvgIpc) is 2.88. The zero-order valence-electron chi connectivity index (χ0n) is 16.6. The highest BCUT2D eigenvalue weighted by Gasteiger charge is 2.36. The first kappa shape index (κ1) is 18.7. The number of alkyl halides is 3. The second kappa shape index (κ2) is 6.91. The van der Waals surface area contributed by atoms with Crippen LogP contribution in [0.1, 0.15) is 53.3 Å². The fraction of sp³-hybridized carbons (Fsp3) is 0.417. The van der Waals surface area contributed by atoms with E-state index in [1.807, 2.05) is 0 Å². The first-order chi connectivity index (χ1) is 13.9. The van der Waals surface area contributed by atoms with Gasteiger partial charge in [-0.25, -0.2) is 0 Å². The normalized spacial score (nSPS) is 21.8. The maximum Gasteiger partial charge on any atom is 0.416 e. The van der Waals surface area contributed by atoms with Crippen molar-refractivity contribution < 1.29 is 18.1 Å². The molecule has 0 amide bonds. The van der Waals surface area contributed by atoms with Crippen molar-refractivity contribution in [3.8, 4) is 0 Å². The molecule has 0 fully saturated rings. The van der Waals surface area contributed by atoms with Crippen LogP contribution in [0.2, 0.25) is 0 Å². The van der Waals surface area contributed by atoms with Crippen molar-refractivity contribution in [2.75, 3.05) is 6.54 Å². The van der Waals surface area contributed by atoms with Crippen molar-refractivity contribution >= 4 is 10.9 Å². The summed E-state index contributed by atoms with van der Waals surface area (Å²) in [5.41, 5.74) is 6.06. The summed E-state index contributed by atoms with van der Waals surface area (Å²) < 4.78 is 41.2. The van der Waals surface area contributed by atoms with Crippen molar-refractivity contribution in [3.63, 3.8) is 0 Å². The molecular formula is C24H26F3N2+. The first-order valence-electron chi connectivity index (χ1n) is 10.5. The topological polar surface area (TPSA) is 9.37 Å². The van der Waals surface area contributed by atoms with Gasteiger partial charge in [-0.1, -0.05) is 23.8 Å². The van der Waals surface area contributed by atoms with Crippen LogP contribution < -0.4 is 4.90 Å². The van der Waals surface area contributed by atoms with Gasteiger partial charge in [0.1, 0.15) is 12.6 Å². The van der Waals surface area contributed by atoms with E-state index in [4.69, 9.17) is 0 Å². The van der Waals surface area contributed by atoms with E-state index in [2.05, 4.69) is 29.7 Å². The lowest BCUT2D eigenvalue weighted by Gasteiger charge is -2.31. The molecule has 1 aliphatic carbocycles. The van der Waals surface area contributed by atoms with E-state index in [0.717, 1.165) is 44.5 Å². The number of nitrogens with zero attached hydrogens (tertiary/aromatic N) is 1. The molecule has 5 rings (SSSR count). The number of hydrogen-bond donors (Lipinski definition) is 1. The molecule has 1 aliphatic heterocycles. The molecule has 2 nitrogen and oxygen atoms in total. The molecule has 2 aliphatic rings. The van der Waals surface area contributed by atoms with Gasteiger partial charge in [-0.15, -0.1) is 0 Å². The van der Waals surface area contributed by atoms with Gasteiger partial charge in [0.05, 0.1) is 17.8 Å². The quantitative estimate of drug-likeness (QED) is 0.632. The molecule has 1 N–H and O–H groups in total. The van der Waals surface area contributed by atoms with Gasteiger partial charge in [0.2, 0.25) is 0 Å². The number of benzene rings is 2. The largest absolute Gasteiger partial charge is 0.416 e. The Labute approximate surface area is 168 Å². The van der Waals surface area contributed by atoms with E-state index in [1.54, 1.807) is 12.1 Å². The summed E-state index contributed by atoms with van der Waals surface area (Å²) in [5.74, 6) is 0. The molecule has 5 heteroatoms. The van der Waals surface area contributed by atoms with E-state index in [1.165, 1.54) is 51.2 Å². The van der Waals surface area contributed by atoms with Crippen LogP contribution in [0.3, 0.4) is 0 Å². The smallest absolute Gasteiger partial charge is 0.339 e. The number of hydrogen-bond acceptors (Lipinski definition) is 0. The van der Waals surface area contributed by atoms with Gasteiger partial charge >= 0.3 is 6.18 Å². The van der Waals surface area contributed by atoms with Crippen LogP contribution in [0.5, 0.6) is 0 Å². The summed E-state index contributed by atoms with van der Waals surface area (Å²) in [5, 5.41) is 1.40. The van der Waals surface area contributed by atoms with Gasteiger partial charge in [0, 0.05) is 35.9 Å². The Morgan fingerprint density at radius 3 is 2.62 bits per heavy atom. The number of fused-ring (bicyclic) bond motifs is 3. The molecule has 29 heavy (non-hydrogen) atoms. The van der Waals surface area contributed by atoms with E-state index < -0.39 is 11.7 Å². The van der Waals surface area contributed by atoms with Crippen LogP contribution in [-0.4, -0.2) is 11.1 Å². The summed E-state index contributed by atoms with van der Waals surface area (Å²) >= 11 is 0. The second-order valence-electron chi connectivity index (χ2n) is 8.61. The number of quaternary nitrogens is 1. The maximum absolute atomic E-state index is 12.9. The third kappa shape index (κ3) is 3.25. The highest BCUT2D eigenvalue weighted by Crippen LogP contribution is 2.38. The van der Waals surface area contributed by atoms with E-state index >= 15 is 0 Å². The lowest BCUT2D eigenvalue weighted by Crippen LogP contribution is -3.11.